The summed E-state index contributed by atoms with van der Waals surface area (Å²) in [5, 5.41) is 5.56. The van der Waals surface area contributed by atoms with E-state index in [9.17, 15) is 4.79 Å². The Morgan fingerprint density at radius 2 is 1.95 bits per heavy atom. The Labute approximate surface area is 125 Å². The van der Waals surface area contributed by atoms with Crippen LogP contribution in [0.25, 0.3) is 10.8 Å². The highest BCUT2D eigenvalue weighted by molar-refractivity contribution is 5.87. The average Bonchev–Trinajstić information content (AvgIpc) is 2.49. The molecule has 0 heterocycles. The molecule has 112 valence electrons. The van der Waals surface area contributed by atoms with Crippen molar-refractivity contribution < 1.29 is 9.53 Å². The van der Waals surface area contributed by atoms with Gasteiger partial charge in [-0.3, -0.25) is 4.79 Å². The van der Waals surface area contributed by atoms with E-state index < -0.39 is 0 Å². The molecule has 0 atom stereocenters. The Balaban J connectivity index is 2.18. The summed E-state index contributed by atoms with van der Waals surface area (Å²) in [5.41, 5.74) is 1.13. The van der Waals surface area contributed by atoms with Crippen LogP contribution >= 0.6 is 0 Å². The maximum absolute atomic E-state index is 11.6. The summed E-state index contributed by atoms with van der Waals surface area (Å²) in [6, 6.07) is 12.3. The van der Waals surface area contributed by atoms with E-state index in [-0.39, 0.29) is 5.91 Å². The fourth-order valence-corrected chi connectivity index (χ4v) is 2.28. The molecule has 0 saturated heterocycles. The molecule has 4 nitrogen and oxygen atoms in total. The number of nitrogens with one attached hydrogen (secondary N) is 1. The molecule has 0 saturated carbocycles. The van der Waals surface area contributed by atoms with E-state index in [0.717, 1.165) is 17.9 Å². The lowest BCUT2D eigenvalue weighted by atomic mass is 10.0. The van der Waals surface area contributed by atoms with Crippen LogP contribution < -0.4 is 10.1 Å². The SMILES string of the molecule is CNCc1c(OCCC(=O)N(C)C)ccc2ccccc12. The minimum atomic E-state index is 0.0750. The Hall–Kier alpha value is -2.07. The van der Waals surface area contributed by atoms with Crippen molar-refractivity contribution in [2.24, 2.45) is 0 Å². The number of carbonyl (C=O) groups excluding carboxylic acids is 1. The Bertz CT molecular complexity index is 623. The molecular weight excluding hydrogens is 264 g/mol. The lowest BCUT2D eigenvalue weighted by Gasteiger charge is -2.15. The third-order valence-electron chi connectivity index (χ3n) is 3.42. The molecule has 0 spiro atoms. The second-order valence-electron chi connectivity index (χ2n) is 5.18. The maximum atomic E-state index is 11.6. The van der Waals surface area contributed by atoms with Gasteiger partial charge >= 0.3 is 0 Å². The second kappa shape index (κ2) is 7.09. The van der Waals surface area contributed by atoms with Gasteiger partial charge in [0, 0.05) is 26.2 Å². The van der Waals surface area contributed by atoms with Gasteiger partial charge in [0.2, 0.25) is 5.91 Å². The van der Waals surface area contributed by atoms with E-state index in [4.69, 9.17) is 4.74 Å². The quantitative estimate of drug-likeness (QED) is 0.886. The largest absolute Gasteiger partial charge is 0.493 e. The molecule has 0 bridgehead atoms. The van der Waals surface area contributed by atoms with E-state index in [2.05, 4.69) is 23.5 Å². The van der Waals surface area contributed by atoms with Crippen LogP contribution in [0.4, 0.5) is 0 Å². The fraction of sp³-hybridized carbons (Fsp3) is 0.353. The minimum Gasteiger partial charge on any atom is -0.493 e. The van der Waals surface area contributed by atoms with E-state index in [1.54, 1.807) is 19.0 Å². The zero-order valence-corrected chi connectivity index (χ0v) is 12.8. The van der Waals surface area contributed by atoms with Crippen LogP contribution in [0.2, 0.25) is 0 Å². The van der Waals surface area contributed by atoms with Crippen molar-refractivity contribution in [3.05, 3.63) is 42.0 Å². The van der Waals surface area contributed by atoms with Crippen LogP contribution in [0.3, 0.4) is 0 Å². The summed E-state index contributed by atoms with van der Waals surface area (Å²) in [4.78, 5) is 13.2. The van der Waals surface area contributed by atoms with Crippen molar-refractivity contribution in [2.75, 3.05) is 27.7 Å². The summed E-state index contributed by atoms with van der Waals surface area (Å²) in [7, 11) is 5.43. The number of benzene rings is 2. The monoisotopic (exact) mass is 286 g/mol. The first-order valence-corrected chi connectivity index (χ1v) is 7.11. The summed E-state index contributed by atoms with van der Waals surface area (Å²) < 4.78 is 5.83. The zero-order chi connectivity index (χ0) is 15.2. The van der Waals surface area contributed by atoms with Crippen LogP contribution in [-0.2, 0) is 11.3 Å². The Morgan fingerprint density at radius 1 is 1.19 bits per heavy atom. The van der Waals surface area contributed by atoms with Gasteiger partial charge < -0.3 is 15.0 Å². The average molecular weight is 286 g/mol. The topological polar surface area (TPSA) is 41.6 Å². The molecule has 21 heavy (non-hydrogen) atoms. The van der Waals surface area contributed by atoms with Gasteiger partial charge in [-0.05, 0) is 23.9 Å². The molecule has 0 fully saturated rings. The first kappa shape index (κ1) is 15.3. The first-order chi connectivity index (χ1) is 10.1. The molecule has 1 N–H and O–H groups in total. The number of hydrogen-bond donors (Lipinski definition) is 1. The minimum absolute atomic E-state index is 0.0750. The molecule has 0 unspecified atom stereocenters. The highest BCUT2D eigenvalue weighted by Crippen LogP contribution is 2.28. The van der Waals surface area contributed by atoms with Crippen LogP contribution in [0, 0.1) is 0 Å². The van der Waals surface area contributed by atoms with Gasteiger partial charge in [-0.2, -0.15) is 0 Å². The fourth-order valence-electron chi connectivity index (χ4n) is 2.28. The third kappa shape index (κ3) is 3.73. The van der Waals surface area contributed by atoms with Gasteiger partial charge in [-0.15, -0.1) is 0 Å². The summed E-state index contributed by atoms with van der Waals surface area (Å²) in [6.07, 6.45) is 0.388. The van der Waals surface area contributed by atoms with Gasteiger partial charge in [0.1, 0.15) is 5.75 Å². The van der Waals surface area contributed by atoms with Gasteiger partial charge in [-0.1, -0.05) is 30.3 Å². The van der Waals surface area contributed by atoms with Gasteiger partial charge in [0.15, 0.2) is 0 Å². The van der Waals surface area contributed by atoms with Crippen molar-refractivity contribution in [2.45, 2.75) is 13.0 Å². The van der Waals surface area contributed by atoms with E-state index >= 15 is 0 Å². The number of nitrogens with zero attached hydrogens (tertiary/aromatic N) is 1. The predicted octanol–water partition coefficient (Wildman–Crippen LogP) is 2.42. The number of hydrogen-bond acceptors (Lipinski definition) is 3. The number of fused-ring (bicyclic) bond motifs is 1. The Morgan fingerprint density at radius 3 is 2.67 bits per heavy atom. The van der Waals surface area contributed by atoms with Crippen LogP contribution in [-0.4, -0.2) is 38.6 Å². The molecule has 4 heteroatoms. The standard InChI is InChI=1S/C17H22N2O2/c1-18-12-15-14-7-5-4-6-13(14)8-9-16(15)21-11-10-17(20)19(2)3/h4-9,18H,10-12H2,1-3H3. The first-order valence-electron chi connectivity index (χ1n) is 7.11. The summed E-state index contributed by atoms with van der Waals surface area (Å²) in [6.45, 7) is 1.13. The summed E-state index contributed by atoms with van der Waals surface area (Å²) >= 11 is 0. The maximum Gasteiger partial charge on any atom is 0.225 e. The molecule has 0 aliphatic carbocycles. The van der Waals surface area contributed by atoms with Crippen molar-refractivity contribution in [3.63, 3.8) is 0 Å². The molecule has 0 aliphatic rings. The van der Waals surface area contributed by atoms with Gasteiger partial charge in [0.25, 0.3) is 0 Å². The lowest BCUT2D eigenvalue weighted by Crippen LogP contribution is -2.23. The van der Waals surface area contributed by atoms with E-state index in [1.165, 1.54) is 10.8 Å². The summed E-state index contributed by atoms with van der Waals surface area (Å²) in [5.74, 6) is 0.917. The second-order valence-corrected chi connectivity index (χ2v) is 5.18. The van der Waals surface area contributed by atoms with Crippen molar-refractivity contribution in [3.8, 4) is 5.75 Å². The predicted molar refractivity (Wildman–Crippen MR) is 85.5 cm³/mol. The van der Waals surface area contributed by atoms with E-state index in [0.29, 0.717) is 13.0 Å². The highest BCUT2D eigenvalue weighted by Gasteiger charge is 2.09. The number of rotatable bonds is 6. The molecular formula is C17H22N2O2. The third-order valence-corrected chi connectivity index (χ3v) is 3.42. The van der Waals surface area contributed by atoms with Crippen molar-refractivity contribution >= 4 is 16.7 Å². The van der Waals surface area contributed by atoms with Crippen LogP contribution in [0.5, 0.6) is 5.75 Å². The van der Waals surface area contributed by atoms with Gasteiger partial charge in [0.05, 0.1) is 13.0 Å². The lowest BCUT2D eigenvalue weighted by molar-refractivity contribution is -0.129. The molecule has 0 aliphatic heterocycles. The van der Waals surface area contributed by atoms with Crippen LogP contribution in [0.1, 0.15) is 12.0 Å². The highest BCUT2D eigenvalue weighted by atomic mass is 16.5. The molecule has 2 rings (SSSR count). The number of carbonyl (C=O) groups is 1. The molecule has 2 aromatic rings. The van der Waals surface area contributed by atoms with Gasteiger partial charge in [-0.25, -0.2) is 0 Å². The molecule has 0 radical (unpaired) electrons. The normalized spacial score (nSPS) is 10.6. The van der Waals surface area contributed by atoms with E-state index in [1.807, 2.05) is 25.2 Å². The van der Waals surface area contributed by atoms with Crippen molar-refractivity contribution in [1.82, 2.24) is 10.2 Å². The van der Waals surface area contributed by atoms with Crippen molar-refractivity contribution in [1.29, 1.82) is 0 Å². The zero-order valence-electron chi connectivity index (χ0n) is 12.8. The molecule has 1 amide bonds. The molecule has 2 aromatic carbocycles. The smallest absolute Gasteiger partial charge is 0.225 e. The number of amides is 1. The molecule has 0 aromatic heterocycles. The Kier molecular flexibility index (Phi) is 5.17. The number of ether oxygens (including phenoxy) is 1. The van der Waals surface area contributed by atoms with Crippen LogP contribution in [0.15, 0.2) is 36.4 Å².